The average Bonchev–Trinajstić information content (AvgIpc) is 2.37. The van der Waals surface area contributed by atoms with Gasteiger partial charge in [0.05, 0.1) is 19.5 Å². The van der Waals surface area contributed by atoms with Crippen molar-refractivity contribution in [2.24, 2.45) is 11.7 Å². The minimum atomic E-state index is 0.368. The maximum atomic E-state index is 5.96. The van der Waals surface area contributed by atoms with Crippen molar-refractivity contribution in [3.63, 3.8) is 0 Å². The first-order valence-corrected chi connectivity index (χ1v) is 6.13. The van der Waals surface area contributed by atoms with E-state index >= 15 is 0 Å². The smallest absolute Gasteiger partial charge is 0.233 e. The summed E-state index contributed by atoms with van der Waals surface area (Å²) in [7, 11) is 1.59. The third-order valence-electron chi connectivity index (χ3n) is 3.22. The van der Waals surface area contributed by atoms with E-state index in [1.807, 2.05) is 0 Å². The molecule has 0 aliphatic heterocycles. The molecule has 2 rings (SSSR count). The molecule has 3 N–H and O–H groups in total. The highest BCUT2D eigenvalue weighted by Gasteiger charge is 2.18. The summed E-state index contributed by atoms with van der Waals surface area (Å²) in [5.41, 5.74) is 5.96. The fraction of sp³-hybridized carbons (Fsp3) is 0.667. The number of hydrogen-bond donors (Lipinski definition) is 2. The number of hydrogen-bond acceptors (Lipinski definition) is 5. The van der Waals surface area contributed by atoms with Gasteiger partial charge in [-0.05, 0) is 25.2 Å². The van der Waals surface area contributed by atoms with Gasteiger partial charge in [0.2, 0.25) is 5.88 Å². The second-order valence-corrected chi connectivity index (χ2v) is 4.62. The van der Waals surface area contributed by atoms with Crippen LogP contribution in [0.3, 0.4) is 0 Å². The van der Waals surface area contributed by atoms with Crippen molar-refractivity contribution in [3.05, 3.63) is 12.4 Å². The molecule has 0 bridgehead atoms. The van der Waals surface area contributed by atoms with Crippen LogP contribution in [0.2, 0.25) is 0 Å². The Hall–Kier alpha value is -1.36. The minimum absolute atomic E-state index is 0.368. The summed E-state index contributed by atoms with van der Waals surface area (Å²) in [6, 6.07) is 0.368. The van der Waals surface area contributed by atoms with E-state index in [2.05, 4.69) is 15.3 Å². The number of ether oxygens (including phenoxy) is 1. The Balaban J connectivity index is 1.84. The molecule has 1 aromatic heterocycles. The summed E-state index contributed by atoms with van der Waals surface area (Å²) < 4.78 is 5.03. The molecule has 1 aliphatic carbocycles. The van der Waals surface area contributed by atoms with Crippen molar-refractivity contribution in [2.75, 3.05) is 19.0 Å². The molecule has 0 spiro atoms. The summed E-state index contributed by atoms with van der Waals surface area (Å²) in [6.07, 6.45) is 8.06. The summed E-state index contributed by atoms with van der Waals surface area (Å²) in [5, 5.41) is 3.30. The van der Waals surface area contributed by atoms with Crippen LogP contribution in [0.4, 0.5) is 5.82 Å². The van der Waals surface area contributed by atoms with Crippen LogP contribution in [0.25, 0.3) is 0 Å². The lowest BCUT2D eigenvalue weighted by molar-refractivity contribution is 0.334. The Kier molecular flexibility index (Phi) is 4.14. The highest BCUT2D eigenvalue weighted by molar-refractivity contribution is 5.33. The Morgan fingerprint density at radius 2 is 2.35 bits per heavy atom. The highest BCUT2D eigenvalue weighted by Crippen LogP contribution is 2.23. The number of nitrogens with zero attached hydrogens (tertiary/aromatic N) is 2. The summed E-state index contributed by atoms with van der Waals surface area (Å²) in [6.45, 7) is 0.912. The van der Waals surface area contributed by atoms with E-state index in [4.69, 9.17) is 10.5 Å². The van der Waals surface area contributed by atoms with E-state index < -0.39 is 0 Å². The number of nitrogens with one attached hydrogen (secondary N) is 1. The van der Waals surface area contributed by atoms with Crippen LogP contribution < -0.4 is 15.8 Å². The monoisotopic (exact) mass is 236 g/mol. The van der Waals surface area contributed by atoms with Gasteiger partial charge in [-0.2, -0.15) is 4.98 Å². The maximum absolute atomic E-state index is 5.96. The molecule has 1 saturated carbocycles. The molecule has 5 heteroatoms. The summed E-state index contributed by atoms with van der Waals surface area (Å²) in [4.78, 5) is 8.33. The number of aromatic nitrogens is 2. The lowest BCUT2D eigenvalue weighted by atomic mass is 9.86. The zero-order chi connectivity index (χ0) is 12.1. The maximum Gasteiger partial charge on any atom is 0.233 e. The molecule has 0 amide bonds. The molecule has 1 heterocycles. The lowest BCUT2D eigenvalue weighted by Gasteiger charge is -2.26. The Morgan fingerprint density at radius 3 is 3.12 bits per heavy atom. The number of nitrogens with two attached hydrogens (primary N) is 1. The predicted octanol–water partition coefficient (Wildman–Crippen LogP) is 1.41. The van der Waals surface area contributed by atoms with Gasteiger partial charge < -0.3 is 15.8 Å². The summed E-state index contributed by atoms with van der Waals surface area (Å²) in [5.74, 6) is 1.95. The molecule has 0 radical (unpaired) electrons. The fourth-order valence-electron chi connectivity index (χ4n) is 2.30. The lowest BCUT2D eigenvalue weighted by Crippen LogP contribution is -2.31. The van der Waals surface area contributed by atoms with Crippen LogP contribution in [0, 0.1) is 5.92 Å². The molecule has 94 valence electrons. The molecular weight excluding hydrogens is 216 g/mol. The molecule has 17 heavy (non-hydrogen) atoms. The molecule has 5 nitrogen and oxygen atoms in total. The van der Waals surface area contributed by atoms with Gasteiger partial charge in [0, 0.05) is 12.6 Å². The second kappa shape index (κ2) is 5.82. The van der Waals surface area contributed by atoms with Gasteiger partial charge in [-0.1, -0.05) is 6.42 Å². The van der Waals surface area contributed by atoms with Crippen molar-refractivity contribution in [3.8, 4) is 5.88 Å². The molecular formula is C12H20N4O. The SMILES string of the molecule is COc1cncc(NCC2CCCC(N)C2)n1. The van der Waals surface area contributed by atoms with Crippen LogP contribution in [0.1, 0.15) is 25.7 Å². The molecule has 0 aromatic carbocycles. The third kappa shape index (κ3) is 3.56. The van der Waals surface area contributed by atoms with Crippen LogP contribution in [-0.2, 0) is 0 Å². The van der Waals surface area contributed by atoms with Crippen molar-refractivity contribution < 1.29 is 4.74 Å². The van der Waals surface area contributed by atoms with Crippen LogP contribution >= 0.6 is 0 Å². The minimum Gasteiger partial charge on any atom is -0.480 e. The number of methoxy groups -OCH3 is 1. The molecule has 1 aliphatic rings. The van der Waals surface area contributed by atoms with Gasteiger partial charge in [-0.25, -0.2) is 0 Å². The average molecular weight is 236 g/mol. The molecule has 2 unspecified atom stereocenters. The topological polar surface area (TPSA) is 73.1 Å². The first-order chi connectivity index (χ1) is 8.28. The Morgan fingerprint density at radius 1 is 1.47 bits per heavy atom. The number of rotatable bonds is 4. The first-order valence-electron chi connectivity index (χ1n) is 6.13. The van der Waals surface area contributed by atoms with E-state index in [1.54, 1.807) is 19.5 Å². The van der Waals surface area contributed by atoms with Gasteiger partial charge in [0.25, 0.3) is 0 Å². The van der Waals surface area contributed by atoms with Crippen molar-refractivity contribution >= 4 is 5.82 Å². The van der Waals surface area contributed by atoms with Crippen molar-refractivity contribution in [2.45, 2.75) is 31.7 Å². The van der Waals surface area contributed by atoms with Crippen LogP contribution in [-0.4, -0.2) is 29.7 Å². The van der Waals surface area contributed by atoms with Gasteiger partial charge >= 0.3 is 0 Å². The quantitative estimate of drug-likeness (QED) is 0.827. The van der Waals surface area contributed by atoms with Crippen molar-refractivity contribution in [1.29, 1.82) is 0 Å². The van der Waals surface area contributed by atoms with Gasteiger partial charge in [-0.3, -0.25) is 4.98 Å². The van der Waals surface area contributed by atoms with E-state index in [1.165, 1.54) is 12.8 Å². The Labute approximate surface area is 102 Å². The zero-order valence-electron chi connectivity index (χ0n) is 10.2. The fourth-order valence-corrected chi connectivity index (χ4v) is 2.30. The van der Waals surface area contributed by atoms with E-state index in [0.29, 0.717) is 17.8 Å². The predicted molar refractivity (Wildman–Crippen MR) is 67.0 cm³/mol. The molecule has 2 atom stereocenters. The largest absolute Gasteiger partial charge is 0.480 e. The standard InChI is InChI=1S/C12H20N4O/c1-17-12-8-14-7-11(16-12)15-6-9-3-2-4-10(13)5-9/h7-10H,2-6,13H2,1H3,(H,15,16). The van der Waals surface area contributed by atoms with Gasteiger partial charge in [-0.15, -0.1) is 0 Å². The normalized spacial score (nSPS) is 24.4. The Bertz CT molecular complexity index is 358. The zero-order valence-corrected chi connectivity index (χ0v) is 10.2. The van der Waals surface area contributed by atoms with Crippen LogP contribution in [0.5, 0.6) is 5.88 Å². The number of anilines is 1. The van der Waals surface area contributed by atoms with E-state index in [9.17, 15) is 0 Å². The van der Waals surface area contributed by atoms with E-state index in [-0.39, 0.29) is 0 Å². The molecule has 1 fully saturated rings. The second-order valence-electron chi connectivity index (χ2n) is 4.62. The molecule has 1 aromatic rings. The van der Waals surface area contributed by atoms with E-state index in [0.717, 1.165) is 25.2 Å². The first kappa shape index (κ1) is 12.1. The third-order valence-corrected chi connectivity index (χ3v) is 3.22. The van der Waals surface area contributed by atoms with Crippen LogP contribution in [0.15, 0.2) is 12.4 Å². The van der Waals surface area contributed by atoms with Crippen molar-refractivity contribution in [1.82, 2.24) is 9.97 Å². The highest BCUT2D eigenvalue weighted by atomic mass is 16.5. The van der Waals surface area contributed by atoms with Gasteiger partial charge in [0.1, 0.15) is 5.82 Å². The van der Waals surface area contributed by atoms with Gasteiger partial charge in [0.15, 0.2) is 0 Å². The molecule has 0 saturated heterocycles. The summed E-state index contributed by atoms with van der Waals surface area (Å²) >= 11 is 0.